The second-order valence-electron chi connectivity index (χ2n) is 1.70. The molecule has 0 unspecified atom stereocenters. The van der Waals surface area contributed by atoms with E-state index in [1.54, 1.807) is 0 Å². The lowest BCUT2D eigenvalue weighted by Crippen LogP contribution is -3.00. The fourth-order valence-electron chi connectivity index (χ4n) is 0.746. The van der Waals surface area contributed by atoms with Crippen LogP contribution in [0.25, 0.3) is 0 Å². The van der Waals surface area contributed by atoms with Crippen LogP contribution in [0.15, 0.2) is 0 Å². The van der Waals surface area contributed by atoms with E-state index >= 15 is 0 Å². The summed E-state index contributed by atoms with van der Waals surface area (Å²) in [6.45, 7) is 1.05. The lowest BCUT2D eigenvalue weighted by Gasteiger charge is -1.73. The molecule has 0 bridgehead atoms. The van der Waals surface area contributed by atoms with Crippen molar-refractivity contribution in [2.45, 2.75) is 12.8 Å². The molecule has 1 aliphatic rings. The third-order valence-electron chi connectivity index (χ3n) is 1.12. The van der Waals surface area contributed by atoms with Gasteiger partial charge in [0, 0.05) is 0 Å². The molecule has 1 saturated heterocycles. The molecule has 0 aromatic carbocycles. The van der Waals surface area contributed by atoms with Crippen LogP contribution in [0.4, 0.5) is 0 Å². The monoisotopic (exact) mass is 166 g/mol. The predicted molar refractivity (Wildman–Crippen MR) is 36.3 cm³/mol. The van der Waals surface area contributed by atoms with Crippen LogP contribution in [-0.4, -0.2) is 18.1 Å². The molecule has 1 aliphatic heterocycles. The highest BCUT2D eigenvalue weighted by Crippen LogP contribution is 1.93. The van der Waals surface area contributed by atoms with Gasteiger partial charge in [0.15, 0.2) is 0 Å². The van der Waals surface area contributed by atoms with Crippen LogP contribution in [0.3, 0.4) is 0 Å². The van der Waals surface area contributed by atoms with Crippen molar-refractivity contribution in [3.8, 4) is 0 Å². The Labute approximate surface area is 65.4 Å². The van der Waals surface area contributed by atoms with Crippen molar-refractivity contribution in [2.75, 3.05) is 6.54 Å². The molecule has 0 saturated carbocycles. The maximum absolute atomic E-state index is 5.23. The number of nitrogens with one attached hydrogen (secondary N) is 1. The minimum atomic E-state index is 0. The largest absolute Gasteiger partial charge is 1.00 e. The summed E-state index contributed by atoms with van der Waals surface area (Å²) >= 11 is 5.23. The van der Waals surface area contributed by atoms with E-state index in [-0.39, 0.29) is 12.4 Å². The van der Waals surface area contributed by atoms with Gasteiger partial charge in [-0.1, -0.05) is 0 Å². The maximum Gasteiger partial charge on any atom is 0.344 e. The summed E-state index contributed by atoms with van der Waals surface area (Å²) in [5, 5.41) is 3.09. The van der Waals surface area contributed by atoms with Gasteiger partial charge >= 0.3 is 5.84 Å². The van der Waals surface area contributed by atoms with Gasteiger partial charge in [-0.3, -0.25) is 5.32 Å². The molecule has 0 aromatic rings. The van der Waals surface area contributed by atoms with E-state index in [9.17, 15) is 0 Å². The van der Waals surface area contributed by atoms with E-state index in [0.717, 1.165) is 18.8 Å². The molecule has 52 valence electrons. The fourth-order valence-corrected chi connectivity index (χ4v) is 0.864. The first-order valence-electron chi connectivity index (χ1n) is 2.66. The molecule has 0 atom stereocenters. The summed E-state index contributed by atoms with van der Waals surface area (Å²) in [5.74, 6) is 1.01. The molecule has 2 nitrogen and oxygen atoms in total. The minimum absolute atomic E-state index is 0. The third kappa shape index (κ3) is 2.75. The molecule has 0 amide bonds. The molecule has 0 aromatic heterocycles. The zero-order chi connectivity index (χ0) is 5.82. The fraction of sp³-hybridized carbons (Fsp3) is 0.600. The summed E-state index contributed by atoms with van der Waals surface area (Å²) in [5.41, 5.74) is 1.30. The zero-order valence-corrected chi connectivity index (χ0v) is 6.41. The first-order valence-corrected chi connectivity index (χ1v) is 3.09. The highest BCUT2D eigenvalue weighted by atomic mass is 35.5. The zero-order valence-electron chi connectivity index (χ0n) is 4.90. The predicted octanol–water partition coefficient (Wildman–Crippen LogP) is -2.89. The molecular weight excluding hydrogens is 159 g/mol. The summed E-state index contributed by atoms with van der Waals surface area (Å²) < 4.78 is 3.87. The number of hydrogen-bond acceptors (Lipinski definition) is 0. The second-order valence-corrected chi connectivity index (χ2v) is 1.90. The van der Waals surface area contributed by atoms with Crippen LogP contribution in [0.5, 0.6) is 0 Å². The van der Waals surface area contributed by atoms with Gasteiger partial charge in [-0.05, 0) is 18.0 Å². The number of nitrogens with zero attached hydrogens (tertiary/aromatic N) is 1. The Hall–Kier alpha value is -0.170. The van der Waals surface area contributed by atoms with Gasteiger partial charge in [0.2, 0.25) is 0 Å². The van der Waals surface area contributed by atoms with E-state index in [2.05, 4.69) is 9.98 Å². The summed E-state index contributed by atoms with van der Waals surface area (Å²) in [4.78, 5) is 0. The van der Waals surface area contributed by atoms with E-state index in [4.69, 9.17) is 11.6 Å². The SMILES string of the molecule is ClC=[N+]=C1CCCN1.[Cl-]. The van der Waals surface area contributed by atoms with Gasteiger partial charge in [0.25, 0.3) is 5.67 Å². The van der Waals surface area contributed by atoms with Crippen molar-refractivity contribution in [3.05, 3.63) is 0 Å². The van der Waals surface area contributed by atoms with Crippen LogP contribution in [-0.2, 0) is 0 Å². The van der Waals surface area contributed by atoms with Crippen LogP contribution in [0, 0.1) is 0 Å². The van der Waals surface area contributed by atoms with E-state index in [0.29, 0.717) is 0 Å². The van der Waals surface area contributed by atoms with E-state index < -0.39 is 0 Å². The lowest BCUT2D eigenvalue weighted by atomic mass is 10.4. The molecule has 1 N–H and O–H groups in total. The molecule has 1 rings (SSSR count). The van der Waals surface area contributed by atoms with E-state index in [1.165, 1.54) is 12.1 Å². The molecule has 1 fully saturated rings. The minimum Gasteiger partial charge on any atom is -1.00 e. The number of halogens is 2. The summed E-state index contributed by atoms with van der Waals surface area (Å²) in [6, 6.07) is 0. The van der Waals surface area contributed by atoms with Crippen molar-refractivity contribution in [2.24, 2.45) is 0 Å². The van der Waals surface area contributed by atoms with Gasteiger partial charge in [-0.15, -0.1) is 0 Å². The molecule has 9 heavy (non-hydrogen) atoms. The summed E-state index contributed by atoms with van der Waals surface area (Å²) in [6.07, 6.45) is 2.23. The number of rotatable bonds is 0. The van der Waals surface area contributed by atoms with Gasteiger partial charge in [-0.2, -0.15) is 0 Å². The Morgan fingerprint density at radius 1 is 1.67 bits per heavy atom. The van der Waals surface area contributed by atoms with Crippen molar-refractivity contribution in [3.63, 3.8) is 0 Å². The summed E-state index contributed by atoms with van der Waals surface area (Å²) in [7, 11) is 0. The topological polar surface area (TPSA) is 26.1 Å². The highest BCUT2D eigenvalue weighted by molar-refractivity contribution is 6.56. The normalized spacial score (nSPS) is 15.4. The van der Waals surface area contributed by atoms with Gasteiger partial charge < -0.3 is 12.4 Å². The molecule has 0 aliphatic carbocycles. The molecule has 1 heterocycles. The Bertz CT molecular complexity index is 130. The quantitative estimate of drug-likeness (QED) is 0.304. The number of hydrogen-bond donors (Lipinski definition) is 1. The Morgan fingerprint density at radius 3 is 2.89 bits per heavy atom. The molecular formula is C5H8Cl2N2. The van der Waals surface area contributed by atoms with Crippen LogP contribution in [0.2, 0.25) is 0 Å². The van der Waals surface area contributed by atoms with Crippen LogP contribution >= 0.6 is 11.6 Å². The van der Waals surface area contributed by atoms with Crippen LogP contribution < -0.4 is 22.4 Å². The Kier molecular flexibility index (Phi) is 4.60. The van der Waals surface area contributed by atoms with Crippen molar-refractivity contribution < 1.29 is 12.4 Å². The average Bonchev–Trinajstić information content (AvgIpc) is 2.19. The maximum atomic E-state index is 5.23. The van der Waals surface area contributed by atoms with Crippen molar-refractivity contribution in [1.82, 2.24) is 9.98 Å². The molecule has 0 spiro atoms. The van der Waals surface area contributed by atoms with Crippen molar-refractivity contribution >= 4 is 23.1 Å². The smallest absolute Gasteiger partial charge is 0.344 e. The Morgan fingerprint density at radius 2 is 2.44 bits per heavy atom. The van der Waals surface area contributed by atoms with Crippen LogP contribution in [0.1, 0.15) is 12.8 Å². The second kappa shape index (κ2) is 4.68. The first-order chi connectivity index (χ1) is 3.93. The van der Waals surface area contributed by atoms with Gasteiger partial charge in [-0.25, -0.2) is 4.67 Å². The Balaban J connectivity index is 0.000000640. The van der Waals surface area contributed by atoms with Gasteiger partial charge in [0.05, 0.1) is 13.0 Å². The average molecular weight is 167 g/mol. The standard InChI is InChI=1S/C5H7ClN2.ClH/c6-4-8-5-2-1-3-7-5;/h4H,1-3H2;1H. The third-order valence-corrected chi connectivity index (χ3v) is 1.22. The first kappa shape index (κ1) is 8.83. The number of amidine groups is 1. The van der Waals surface area contributed by atoms with Crippen molar-refractivity contribution in [1.29, 1.82) is 0 Å². The lowest BCUT2D eigenvalue weighted by molar-refractivity contribution is -0.00000176. The molecule has 0 radical (unpaired) electrons. The van der Waals surface area contributed by atoms with E-state index in [1.807, 2.05) is 0 Å². The van der Waals surface area contributed by atoms with Gasteiger partial charge in [0.1, 0.15) is 0 Å². The molecule has 4 heteroatoms. The highest BCUT2D eigenvalue weighted by Gasteiger charge is 2.14.